The van der Waals surface area contributed by atoms with E-state index in [4.69, 9.17) is 0 Å². The van der Waals surface area contributed by atoms with E-state index in [1.807, 2.05) is 43.3 Å². The maximum absolute atomic E-state index is 13.0. The Balaban J connectivity index is 1.95. The van der Waals surface area contributed by atoms with Crippen LogP contribution in [0.25, 0.3) is 0 Å². The Labute approximate surface area is 132 Å². The van der Waals surface area contributed by atoms with E-state index in [-0.39, 0.29) is 11.8 Å². The van der Waals surface area contributed by atoms with Crippen molar-refractivity contribution in [3.8, 4) is 0 Å². The average Bonchev–Trinajstić information content (AvgIpc) is 2.54. The number of likely N-dealkylation sites (N-methyl/N-ethyl adjacent to an activating group) is 1. The first-order chi connectivity index (χ1) is 10.7. The van der Waals surface area contributed by atoms with E-state index in [1.165, 1.54) is 5.56 Å². The van der Waals surface area contributed by atoms with Gasteiger partial charge in [-0.2, -0.15) is 0 Å². The number of anilines is 1. The van der Waals surface area contributed by atoms with Gasteiger partial charge in [0.05, 0.1) is 5.92 Å². The minimum absolute atomic E-state index is 0.0711. The lowest BCUT2D eigenvalue weighted by molar-refractivity contribution is -0.120. The third-order valence-corrected chi connectivity index (χ3v) is 4.24. The van der Waals surface area contributed by atoms with Gasteiger partial charge in [-0.15, -0.1) is 0 Å². The quantitative estimate of drug-likeness (QED) is 0.865. The number of hydrogen-bond donors (Lipinski definition) is 0. The molecule has 1 amide bonds. The van der Waals surface area contributed by atoms with Gasteiger partial charge in [-0.25, -0.2) is 0 Å². The van der Waals surface area contributed by atoms with Crippen LogP contribution in [-0.2, 0) is 11.2 Å². The zero-order valence-corrected chi connectivity index (χ0v) is 13.2. The predicted octanol–water partition coefficient (Wildman–Crippen LogP) is 2.92. The van der Waals surface area contributed by atoms with Gasteiger partial charge in [-0.1, -0.05) is 48.5 Å². The summed E-state index contributed by atoms with van der Waals surface area (Å²) in [5, 5.41) is 0. The fourth-order valence-corrected chi connectivity index (χ4v) is 3.04. The smallest absolute Gasteiger partial charge is 0.234 e. The summed E-state index contributed by atoms with van der Waals surface area (Å²) < 4.78 is 0. The summed E-state index contributed by atoms with van der Waals surface area (Å²) in [6, 6.07) is 18.4. The van der Waals surface area contributed by atoms with Gasteiger partial charge in [0.25, 0.3) is 0 Å². The number of rotatable bonds is 4. The monoisotopic (exact) mass is 294 g/mol. The topological polar surface area (TPSA) is 23.6 Å². The lowest BCUT2D eigenvalue weighted by Crippen LogP contribution is -2.43. The van der Waals surface area contributed by atoms with Gasteiger partial charge in [0.15, 0.2) is 0 Å². The zero-order chi connectivity index (χ0) is 15.5. The molecule has 0 N–H and O–H groups in total. The van der Waals surface area contributed by atoms with Gasteiger partial charge in [0, 0.05) is 18.8 Å². The fraction of sp³-hybridized carbons (Fsp3) is 0.316. The highest BCUT2D eigenvalue weighted by Gasteiger charge is 2.33. The van der Waals surface area contributed by atoms with Crippen molar-refractivity contribution < 1.29 is 4.79 Å². The Morgan fingerprint density at radius 1 is 1.05 bits per heavy atom. The number of para-hydroxylation sites is 1. The molecule has 1 aliphatic rings. The van der Waals surface area contributed by atoms with E-state index in [2.05, 4.69) is 35.2 Å². The second kappa shape index (κ2) is 6.32. The van der Waals surface area contributed by atoms with Crippen molar-refractivity contribution in [2.45, 2.75) is 12.3 Å². The van der Waals surface area contributed by atoms with Crippen molar-refractivity contribution in [3.63, 3.8) is 0 Å². The number of amides is 1. The highest BCUT2D eigenvalue weighted by Crippen LogP contribution is 2.35. The number of hydrogen-bond acceptors (Lipinski definition) is 2. The number of benzene rings is 2. The normalized spacial score (nSPS) is 17.7. The molecule has 0 aliphatic carbocycles. The zero-order valence-electron chi connectivity index (χ0n) is 13.2. The number of fused-ring (bicyclic) bond motifs is 1. The van der Waals surface area contributed by atoms with Gasteiger partial charge in [0.1, 0.15) is 0 Å². The SMILES string of the molecule is CN(C)CCN1C(=O)C(c2ccccc2)Cc2ccccc21. The molecule has 0 spiro atoms. The van der Waals surface area contributed by atoms with E-state index in [1.54, 1.807) is 0 Å². The van der Waals surface area contributed by atoms with E-state index in [0.29, 0.717) is 0 Å². The predicted molar refractivity (Wildman–Crippen MR) is 90.2 cm³/mol. The van der Waals surface area contributed by atoms with Crippen molar-refractivity contribution in [3.05, 3.63) is 65.7 Å². The van der Waals surface area contributed by atoms with Crippen LogP contribution in [0.5, 0.6) is 0 Å². The molecule has 0 bridgehead atoms. The molecular weight excluding hydrogens is 272 g/mol. The van der Waals surface area contributed by atoms with Crippen LogP contribution < -0.4 is 4.90 Å². The highest BCUT2D eigenvalue weighted by molar-refractivity contribution is 6.01. The van der Waals surface area contributed by atoms with Crippen LogP contribution in [0.3, 0.4) is 0 Å². The van der Waals surface area contributed by atoms with E-state index in [0.717, 1.165) is 30.8 Å². The van der Waals surface area contributed by atoms with Gasteiger partial charge >= 0.3 is 0 Å². The molecule has 1 heterocycles. The van der Waals surface area contributed by atoms with Gasteiger partial charge < -0.3 is 9.80 Å². The summed E-state index contributed by atoms with van der Waals surface area (Å²) in [6.07, 6.45) is 0.789. The molecular formula is C19H22N2O. The minimum Gasteiger partial charge on any atom is -0.310 e. The fourth-order valence-electron chi connectivity index (χ4n) is 3.04. The highest BCUT2D eigenvalue weighted by atomic mass is 16.2. The van der Waals surface area contributed by atoms with Crippen LogP contribution in [0.2, 0.25) is 0 Å². The molecule has 0 aromatic heterocycles. The first kappa shape index (κ1) is 14.8. The van der Waals surface area contributed by atoms with Gasteiger partial charge in [-0.05, 0) is 37.7 Å². The van der Waals surface area contributed by atoms with Crippen LogP contribution in [0, 0.1) is 0 Å². The van der Waals surface area contributed by atoms with E-state index < -0.39 is 0 Å². The third-order valence-electron chi connectivity index (χ3n) is 4.24. The summed E-state index contributed by atoms with van der Waals surface area (Å²) in [5.74, 6) is 0.144. The maximum atomic E-state index is 13.0. The molecule has 1 aliphatic heterocycles. The molecule has 3 rings (SSSR count). The average molecular weight is 294 g/mol. The second-order valence-electron chi connectivity index (χ2n) is 6.09. The molecule has 2 aromatic carbocycles. The first-order valence-corrected chi connectivity index (χ1v) is 7.76. The lowest BCUT2D eigenvalue weighted by atomic mass is 9.86. The largest absolute Gasteiger partial charge is 0.310 e. The van der Waals surface area contributed by atoms with Crippen molar-refractivity contribution >= 4 is 11.6 Å². The van der Waals surface area contributed by atoms with Crippen LogP contribution in [-0.4, -0.2) is 38.0 Å². The van der Waals surface area contributed by atoms with Crippen molar-refractivity contribution in [2.24, 2.45) is 0 Å². The Morgan fingerprint density at radius 2 is 1.73 bits per heavy atom. The van der Waals surface area contributed by atoms with Crippen molar-refractivity contribution in [2.75, 3.05) is 32.1 Å². The van der Waals surface area contributed by atoms with Gasteiger partial charge in [0.2, 0.25) is 5.91 Å². The molecule has 2 aromatic rings. The molecule has 0 saturated heterocycles. The number of carbonyl (C=O) groups is 1. The molecule has 3 nitrogen and oxygen atoms in total. The van der Waals surface area contributed by atoms with E-state index >= 15 is 0 Å². The van der Waals surface area contributed by atoms with Crippen LogP contribution in [0.15, 0.2) is 54.6 Å². The van der Waals surface area contributed by atoms with Crippen LogP contribution in [0.1, 0.15) is 17.0 Å². The molecule has 1 atom stereocenters. The number of carbonyl (C=O) groups excluding carboxylic acids is 1. The summed E-state index contributed by atoms with van der Waals surface area (Å²) in [6.45, 7) is 1.59. The Bertz CT molecular complexity index is 651. The Hall–Kier alpha value is -2.13. The maximum Gasteiger partial charge on any atom is 0.234 e. The molecule has 0 fully saturated rings. The molecule has 114 valence electrons. The Kier molecular flexibility index (Phi) is 4.25. The van der Waals surface area contributed by atoms with Crippen LogP contribution >= 0.6 is 0 Å². The molecule has 1 unspecified atom stereocenters. The first-order valence-electron chi connectivity index (χ1n) is 7.76. The summed E-state index contributed by atoms with van der Waals surface area (Å²) >= 11 is 0. The van der Waals surface area contributed by atoms with Crippen LogP contribution in [0.4, 0.5) is 5.69 Å². The number of nitrogens with zero attached hydrogens (tertiary/aromatic N) is 2. The summed E-state index contributed by atoms with van der Waals surface area (Å²) in [4.78, 5) is 17.1. The molecule has 22 heavy (non-hydrogen) atoms. The van der Waals surface area contributed by atoms with Crippen molar-refractivity contribution in [1.82, 2.24) is 4.90 Å². The molecule has 0 saturated carbocycles. The Morgan fingerprint density at radius 3 is 2.45 bits per heavy atom. The van der Waals surface area contributed by atoms with Gasteiger partial charge in [-0.3, -0.25) is 4.79 Å². The molecule has 3 heteroatoms. The van der Waals surface area contributed by atoms with Crippen molar-refractivity contribution in [1.29, 1.82) is 0 Å². The van der Waals surface area contributed by atoms with E-state index in [9.17, 15) is 4.79 Å². The third kappa shape index (κ3) is 2.90. The molecule has 0 radical (unpaired) electrons. The summed E-state index contributed by atoms with van der Waals surface area (Å²) in [5.41, 5.74) is 3.44. The lowest BCUT2D eigenvalue weighted by Gasteiger charge is -2.35. The second-order valence-corrected chi connectivity index (χ2v) is 6.09. The standard InChI is InChI=1S/C19H22N2O/c1-20(2)12-13-21-18-11-7-6-10-16(18)14-17(19(21)22)15-8-4-3-5-9-15/h3-11,17H,12-14H2,1-2H3. The summed E-state index contributed by atoms with van der Waals surface area (Å²) in [7, 11) is 4.07. The minimum atomic E-state index is -0.0711.